The Morgan fingerprint density at radius 1 is 0.941 bits per heavy atom. The van der Waals surface area contributed by atoms with Crippen molar-refractivity contribution in [3.63, 3.8) is 0 Å². The van der Waals surface area contributed by atoms with E-state index in [0.717, 1.165) is 6.92 Å². The van der Waals surface area contributed by atoms with Gasteiger partial charge >= 0.3 is 17.9 Å². The van der Waals surface area contributed by atoms with E-state index in [0.29, 0.717) is 0 Å². The van der Waals surface area contributed by atoms with E-state index in [-0.39, 0.29) is 0 Å². The van der Waals surface area contributed by atoms with E-state index in [4.69, 9.17) is 20.4 Å². The number of aliphatic carboxylic acids is 3. The lowest BCUT2D eigenvalue weighted by Gasteiger charge is -1.99. The Bertz CT molecular complexity index is 331. The summed E-state index contributed by atoms with van der Waals surface area (Å²) in [4.78, 5) is 48.8. The van der Waals surface area contributed by atoms with Crippen LogP contribution in [0.3, 0.4) is 0 Å². The van der Waals surface area contributed by atoms with Crippen LogP contribution in [0, 0.1) is 0 Å². The fourth-order valence-electron chi connectivity index (χ4n) is 0.350. The summed E-state index contributed by atoms with van der Waals surface area (Å²) in [6, 6.07) is 0. The highest BCUT2D eigenvalue weighted by molar-refractivity contribution is 6.33. The Morgan fingerprint density at radius 2 is 1.29 bits per heavy atom. The normalized spacial score (nSPS) is 10.5. The van der Waals surface area contributed by atoms with Gasteiger partial charge in [-0.25, -0.2) is 14.4 Å². The number of hydrogen-bond donors (Lipinski definition) is 4. The van der Waals surface area contributed by atoms with Gasteiger partial charge in [0.1, 0.15) is 0 Å². The molecule has 0 bridgehead atoms. The van der Waals surface area contributed by atoms with Crippen LogP contribution in [-0.4, -0.2) is 56.0 Å². The maximum absolute atomic E-state index is 10.2. The van der Waals surface area contributed by atoms with E-state index in [9.17, 15) is 24.0 Å². The summed E-state index contributed by atoms with van der Waals surface area (Å²) in [6.45, 7) is 1.00. The third kappa shape index (κ3) is 10.0. The molecule has 0 spiro atoms. The van der Waals surface area contributed by atoms with Gasteiger partial charge in [-0.1, -0.05) is 0 Å². The van der Waals surface area contributed by atoms with Crippen LogP contribution >= 0.6 is 0 Å². The van der Waals surface area contributed by atoms with Crippen LogP contribution in [-0.2, 0) is 24.0 Å². The minimum Gasteiger partial charge on any atom is -0.479 e. The van der Waals surface area contributed by atoms with Gasteiger partial charge in [0.15, 0.2) is 6.10 Å². The van der Waals surface area contributed by atoms with Gasteiger partial charge in [0.2, 0.25) is 11.6 Å². The number of carbonyl (C=O) groups is 5. The second-order valence-electron chi connectivity index (χ2n) is 2.65. The maximum atomic E-state index is 10.2. The largest absolute Gasteiger partial charge is 0.479 e. The number of carboxylic acid groups (broad SMARTS) is 3. The van der Waals surface area contributed by atoms with E-state index >= 15 is 0 Å². The van der Waals surface area contributed by atoms with Crippen molar-refractivity contribution < 1.29 is 44.4 Å². The third-order valence-corrected chi connectivity index (χ3v) is 1.20. The zero-order valence-electron chi connectivity index (χ0n) is 8.61. The summed E-state index contributed by atoms with van der Waals surface area (Å²) in [5.74, 6) is -6.88. The molecule has 17 heavy (non-hydrogen) atoms. The van der Waals surface area contributed by atoms with Crippen LogP contribution in [0.15, 0.2) is 0 Å². The molecule has 0 radical (unpaired) electrons. The molecule has 0 rings (SSSR count). The molecule has 4 N–H and O–H groups in total. The molecule has 0 fully saturated rings. The molecular weight excluding hydrogens is 240 g/mol. The van der Waals surface area contributed by atoms with Crippen LogP contribution in [0.1, 0.15) is 13.3 Å². The van der Waals surface area contributed by atoms with Crippen molar-refractivity contribution in [2.24, 2.45) is 0 Å². The Hall–Kier alpha value is -2.29. The van der Waals surface area contributed by atoms with Crippen molar-refractivity contribution >= 4 is 29.5 Å². The molecule has 0 saturated heterocycles. The minimum absolute atomic E-state index is 0.824. The molecule has 96 valence electrons. The van der Waals surface area contributed by atoms with E-state index in [2.05, 4.69) is 0 Å². The van der Waals surface area contributed by atoms with Crippen LogP contribution < -0.4 is 0 Å². The molecule has 9 nitrogen and oxygen atoms in total. The monoisotopic (exact) mass is 250 g/mol. The highest BCUT2D eigenvalue weighted by Gasteiger charge is 2.21. The van der Waals surface area contributed by atoms with Crippen molar-refractivity contribution in [1.29, 1.82) is 0 Å². The average Bonchev–Trinajstić information content (AvgIpc) is 2.17. The van der Waals surface area contributed by atoms with Gasteiger partial charge in [-0.05, 0) is 0 Å². The number of carboxylic acids is 3. The Balaban J connectivity index is 0. The number of carbonyl (C=O) groups excluding carboxylic acids is 2. The lowest BCUT2D eigenvalue weighted by atomic mass is 10.2. The predicted octanol–water partition coefficient (Wildman–Crippen LogP) is -1.86. The van der Waals surface area contributed by atoms with Crippen LogP contribution in [0.2, 0.25) is 0 Å². The number of hydrogen-bond acceptors (Lipinski definition) is 6. The summed E-state index contributed by atoms with van der Waals surface area (Å²) in [7, 11) is 0. The zero-order valence-corrected chi connectivity index (χ0v) is 8.61. The first kappa shape index (κ1) is 17.1. The van der Waals surface area contributed by atoms with Crippen molar-refractivity contribution in [3.05, 3.63) is 0 Å². The maximum Gasteiger partial charge on any atom is 0.372 e. The van der Waals surface area contributed by atoms with E-state index in [1.165, 1.54) is 0 Å². The number of rotatable bonds is 5. The molecule has 0 saturated carbocycles. The number of Topliss-reactive ketones (excluding diaryl/α,β-unsaturated/α-hetero) is 2. The number of ketones is 2. The lowest BCUT2D eigenvalue weighted by Crippen LogP contribution is -2.26. The number of aliphatic hydroxyl groups is 1. The van der Waals surface area contributed by atoms with Crippen LogP contribution in [0.25, 0.3) is 0 Å². The molecular formula is C8H10O9. The molecule has 0 aromatic rings. The van der Waals surface area contributed by atoms with Gasteiger partial charge in [0.25, 0.3) is 0 Å². The average molecular weight is 250 g/mol. The summed E-state index contributed by atoms with van der Waals surface area (Å²) >= 11 is 0. The standard InChI is InChI=1S/C5H6O6.C3H4O3/c6-2(4(8)9)1-3(7)5(10)11;1-2(4)3(5)6/h2,6H,1H2,(H,8,9)(H,10,11);1H3,(H,5,6). The summed E-state index contributed by atoms with van der Waals surface area (Å²) in [5, 5.41) is 32.1. The van der Waals surface area contributed by atoms with Gasteiger partial charge in [-0.15, -0.1) is 0 Å². The van der Waals surface area contributed by atoms with Crippen molar-refractivity contribution in [2.75, 3.05) is 0 Å². The van der Waals surface area contributed by atoms with Crippen molar-refractivity contribution in [2.45, 2.75) is 19.4 Å². The fourth-order valence-corrected chi connectivity index (χ4v) is 0.350. The van der Waals surface area contributed by atoms with Gasteiger partial charge in [0.05, 0.1) is 6.42 Å². The Kier molecular flexibility index (Phi) is 7.99. The highest BCUT2D eigenvalue weighted by atomic mass is 16.4. The minimum atomic E-state index is -1.93. The van der Waals surface area contributed by atoms with E-state index in [1.807, 2.05) is 0 Å². The molecule has 1 atom stereocenters. The zero-order chi connectivity index (χ0) is 14.2. The molecule has 0 aliphatic rings. The molecule has 1 unspecified atom stereocenters. The van der Waals surface area contributed by atoms with Gasteiger partial charge in [0, 0.05) is 6.92 Å². The number of aliphatic hydroxyl groups excluding tert-OH is 1. The quantitative estimate of drug-likeness (QED) is 0.409. The van der Waals surface area contributed by atoms with E-state index < -0.39 is 42.0 Å². The SMILES string of the molecule is CC(=O)C(=O)O.O=C(O)C(=O)CC(O)C(=O)O. The molecule has 0 heterocycles. The predicted molar refractivity (Wildman–Crippen MR) is 49.2 cm³/mol. The van der Waals surface area contributed by atoms with Gasteiger partial charge < -0.3 is 20.4 Å². The second kappa shape index (κ2) is 7.93. The first-order valence-corrected chi connectivity index (χ1v) is 4.00. The first-order valence-electron chi connectivity index (χ1n) is 4.00. The lowest BCUT2D eigenvalue weighted by molar-refractivity contribution is -0.154. The smallest absolute Gasteiger partial charge is 0.372 e. The summed E-state index contributed by atoms with van der Waals surface area (Å²) in [5.41, 5.74) is 0. The topological polar surface area (TPSA) is 166 Å². The molecule has 0 aliphatic heterocycles. The van der Waals surface area contributed by atoms with Gasteiger partial charge in [-0.3, -0.25) is 9.59 Å². The van der Waals surface area contributed by atoms with Crippen molar-refractivity contribution in [3.8, 4) is 0 Å². The summed E-state index contributed by atoms with van der Waals surface area (Å²) < 4.78 is 0. The van der Waals surface area contributed by atoms with Crippen LogP contribution in [0.4, 0.5) is 0 Å². The molecule has 0 aliphatic carbocycles. The third-order valence-electron chi connectivity index (χ3n) is 1.20. The Labute approximate surface area is 94.3 Å². The van der Waals surface area contributed by atoms with Crippen molar-refractivity contribution in [1.82, 2.24) is 0 Å². The summed E-state index contributed by atoms with van der Waals surface area (Å²) in [6.07, 6.45) is -2.83. The Morgan fingerprint density at radius 3 is 1.47 bits per heavy atom. The molecule has 0 aromatic heterocycles. The van der Waals surface area contributed by atoms with Gasteiger partial charge in [-0.2, -0.15) is 0 Å². The molecule has 9 heteroatoms. The highest BCUT2D eigenvalue weighted by Crippen LogP contribution is 1.92. The fraction of sp³-hybridized carbons (Fsp3) is 0.375. The molecule has 0 amide bonds. The van der Waals surface area contributed by atoms with Crippen LogP contribution in [0.5, 0.6) is 0 Å². The first-order chi connectivity index (χ1) is 7.59. The van der Waals surface area contributed by atoms with E-state index in [1.54, 1.807) is 0 Å². The molecule has 0 aromatic carbocycles. The second-order valence-corrected chi connectivity index (χ2v) is 2.65.